The third kappa shape index (κ3) is 5.09. The van der Waals surface area contributed by atoms with Gasteiger partial charge in [-0.25, -0.2) is 14.6 Å². The smallest absolute Gasteiger partial charge is 0.257 e. The molecule has 10 heteroatoms. The molecule has 5 heterocycles. The Morgan fingerprint density at radius 2 is 1.77 bits per heavy atom. The van der Waals surface area contributed by atoms with Crippen LogP contribution < -0.4 is 15.4 Å². The zero-order valence-corrected chi connectivity index (χ0v) is 23.5. The molecular weight excluding hydrogens is 492 g/mol. The van der Waals surface area contributed by atoms with Crippen molar-refractivity contribution in [2.45, 2.75) is 59.1 Å². The summed E-state index contributed by atoms with van der Waals surface area (Å²) >= 11 is 0. The van der Waals surface area contributed by atoms with E-state index < -0.39 is 5.54 Å². The van der Waals surface area contributed by atoms with Crippen LogP contribution in [0.3, 0.4) is 0 Å². The van der Waals surface area contributed by atoms with Crippen molar-refractivity contribution in [3.05, 3.63) is 53.6 Å². The van der Waals surface area contributed by atoms with Crippen LogP contribution in [-0.4, -0.2) is 67.8 Å². The average molecular weight is 531 g/mol. The number of ether oxygens (including phenoxy) is 1. The first-order chi connectivity index (χ1) is 18.5. The average Bonchev–Trinajstić information content (AvgIpc) is 3.21. The summed E-state index contributed by atoms with van der Waals surface area (Å²) in [5.74, 6) is 2.60. The van der Waals surface area contributed by atoms with E-state index in [0.29, 0.717) is 53.4 Å². The molecule has 3 aromatic heterocycles. The van der Waals surface area contributed by atoms with Gasteiger partial charge in [0.05, 0.1) is 11.3 Å². The van der Waals surface area contributed by atoms with Crippen LogP contribution in [0.25, 0.3) is 5.95 Å². The van der Waals surface area contributed by atoms with Crippen LogP contribution in [0.2, 0.25) is 0 Å². The molecule has 3 fully saturated rings. The number of aromatic nitrogens is 5. The maximum absolute atomic E-state index is 13.3. The summed E-state index contributed by atoms with van der Waals surface area (Å²) in [6.07, 6.45) is 7.36. The van der Waals surface area contributed by atoms with Gasteiger partial charge in [-0.15, -0.1) is 0 Å². The van der Waals surface area contributed by atoms with Crippen LogP contribution in [0.5, 0.6) is 5.88 Å². The molecule has 2 N–H and O–H groups in total. The molecule has 1 saturated carbocycles. The van der Waals surface area contributed by atoms with Gasteiger partial charge in [0.1, 0.15) is 11.9 Å². The van der Waals surface area contributed by atoms with Crippen LogP contribution in [0.4, 0.5) is 5.82 Å². The van der Waals surface area contributed by atoms with Crippen molar-refractivity contribution >= 4 is 11.7 Å². The van der Waals surface area contributed by atoms with Gasteiger partial charge >= 0.3 is 0 Å². The highest BCUT2D eigenvalue weighted by molar-refractivity contribution is 5.95. The van der Waals surface area contributed by atoms with Gasteiger partial charge < -0.3 is 20.3 Å². The third-order valence-corrected chi connectivity index (χ3v) is 8.52. The molecule has 206 valence electrons. The van der Waals surface area contributed by atoms with Crippen LogP contribution in [-0.2, 0) is 5.54 Å². The number of aryl methyl sites for hydroxylation is 1. The van der Waals surface area contributed by atoms with E-state index in [1.165, 1.54) is 0 Å². The second-order valence-corrected chi connectivity index (χ2v) is 12.7. The highest BCUT2D eigenvalue weighted by Crippen LogP contribution is 2.48. The zero-order chi connectivity index (χ0) is 27.5. The van der Waals surface area contributed by atoms with Crippen molar-refractivity contribution in [1.29, 1.82) is 0 Å². The van der Waals surface area contributed by atoms with E-state index >= 15 is 0 Å². The number of carbonyl (C=O) groups is 1. The topological polar surface area (TPSA) is 115 Å². The van der Waals surface area contributed by atoms with E-state index in [1.54, 1.807) is 29.3 Å². The van der Waals surface area contributed by atoms with Gasteiger partial charge in [0.15, 0.2) is 0 Å². The van der Waals surface area contributed by atoms with Gasteiger partial charge in [0.2, 0.25) is 11.8 Å². The van der Waals surface area contributed by atoms with E-state index in [1.807, 2.05) is 31.7 Å². The van der Waals surface area contributed by atoms with E-state index in [2.05, 4.69) is 39.9 Å². The molecule has 10 nitrogen and oxygen atoms in total. The lowest BCUT2D eigenvalue weighted by atomic mass is 9.82. The first-order valence-corrected chi connectivity index (χ1v) is 13.8. The number of likely N-dealkylation sites (tertiary alicyclic amines) is 1. The minimum absolute atomic E-state index is 0.0130. The van der Waals surface area contributed by atoms with Gasteiger partial charge in [-0.2, -0.15) is 10.1 Å². The van der Waals surface area contributed by atoms with Crippen molar-refractivity contribution in [2.24, 2.45) is 23.0 Å². The summed E-state index contributed by atoms with van der Waals surface area (Å²) in [6.45, 7) is 13.8. The molecule has 6 rings (SSSR count). The summed E-state index contributed by atoms with van der Waals surface area (Å²) in [7, 11) is 0. The minimum Gasteiger partial charge on any atom is -0.474 e. The fraction of sp³-hybridized carbons (Fsp3) is 0.552. The predicted octanol–water partition coefficient (Wildman–Crippen LogP) is 3.34. The van der Waals surface area contributed by atoms with Crippen LogP contribution in [0, 0.1) is 24.2 Å². The molecule has 0 aromatic carbocycles. The number of anilines is 1. The molecule has 3 atom stereocenters. The first-order valence-electron chi connectivity index (χ1n) is 13.8. The number of pyridine rings is 1. The number of fused-ring (bicyclic) bond motifs is 1. The molecule has 0 bridgehead atoms. The maximum Gasteiger partial charge on any atom is 0.257 e. The number of piperidine rings is 2. The Balaban J connectivity index is 1.13. The number of hydrogen-bond acceptors (Lipinski definition) is 8. The number of nitrogens with two attached hydrogens (primary N) is 1. The monoisotopic (exact) mass is 530 g/mol. The van der Waals surface area contributed by atoms with Gasteiger partial charge in [-0.1, -0.05) is 13.8 Å². The van der Waals surface area contributed by atoms with Crippen molar-refractivity contribution in [2.75, 3.05) is 31.1 Å². The number of amides is 1. The minimum atomic E-state index is -0.499. The van der Waals surface area contributed by atoms with E-state index in [0.717, 1.165) is 37.3 Å². The third-order valence-electron chi connectivity index (χ3n) is 8.52. The Morgan fingerprint density at radius 1 is 1.10 bits per heavy atom. The second-order valence-electron chi connectivity index (χ2n) is 12.7. The van der Waals surface area contributed by atoms with E-state index in [4.69, 9.17) is 15.5 Å². The van der Waals surface area contributed by atoms with Crippen molar-refractivity contribution in [3.8, 4) is 11.8 Å². The zero-order valence-electron chi connectivity index (χ0n) is 23.5. The Hall–Kier alpha value is -3.53. The number of nitrogens with zero attached hydrogens (tertiary/aromatic N) is 7. The SMILES string of the molecule is Cc1nn(-c2ncccn2)cc1C(=O)N1C[C@@H]2C(Oc3cc(C(C)(C)N)cc(N4CCC(C)(C)CC4)n3)[C@@H]2C1. The Kier molecular flexibility index (Phi) is 6.13. The van der Waals surface area contributed by atoms with Crippen LogP contribution in [0.15, 0.2) is 36.8 Å². The summed E-state index contributed by atoms with van der Waals surface area (Å²) in [5, 5.41) is 4.45. The molecule has 2 saturated heterocycles. The number of rotatable bonds is 6. The van der Waals surface area contributed by atoms with E-state index in [9.17, 15) is 4.79 Å². The highest BCUT2D eigenvalue weighted by Gasteiger charge is 2.59. The van der Waals surface area contributed by atoms with Crippen molar-refractivity contribution < 1.29 is 9.53 Å². The van der Waals surface area contributed by atoms with Gasteiger partial charge in [0, 0.05) is 68.2 Å². The molecule has 3 aromatic rings. The molecular formula is C29H38N8O2. The van der Waals surface area contributed by atoms with Gasteiger partial charge in [-0.3, -0.25) is 4.79 Å². The fourth-order valence-corrected chi connectivity index (χ4v) is 5.73. The summed E-state index contributed by atoms with van der Waals surface area (Å²) in [5.41, 5.74) is 8.63. The summed E-state index contributed by atoms with van der Waals surface area (Å²) in [4.78, 5) is 30.9. The molecule has 0 radical (unpaired) electrons. The second kappa shape index (κ2) is 9.29. The number of carbonyl (C=O) groups excluding carboxylic acids is 1. The van der Waals surface area contributed by atoms with Crippen molar-refractivity contribution in [3.63, 3.8) is 0 Å². The predicted molar refractivity (Wildman–Crippen MR) is 148 cm³/mol. The highest BCUT2D eigenvalue weighted by atomic mass is 16.5. The van der Waals surface area contributed by atoms with Crippen LogP contribution >= 0.6 is 0 Å². The van der Waals surface area contributed by atoms with E-state index in [-0.39, 0.29) is 12.0 Å². The van der Waals surface area contributed by atoms with Crippen LogP contribution in [0.1, 0.15) is 62.2 Å². The largest absolute Gasteiger partial charge is 0.474 e. The first kappa shape index (κ1) is 25.7. The lowest BCUT2D eigenvalue weighted by Gasteiger charge is -2.38. The lowest BCUT2D eigenvalue weighted by molar-refractivity contribution is 0.0751. The standard InChI is InChI=1S/C29H38N8O2/c1-18-20(17-37(34-18)27-31-9-6-10-32-27)26(38)36-15-21-22(16-36)25(21)39-24-14-19(29(4,5)30)13-23(33-24)35-11-7-28(2,3)8-12-35/h6,9-10,13-14,17,21-22,25H,7-8,11-12,15-16,30H2,1-5H3/t21-,22+,25?. The molecule has 2 aliphatic heterocycles. The maximum atomic E-state index is 13.3. The summed E-state index contributed by atoms with van der Waals surface area (Å²) < 4.78 is 8.02. The molecule has 39 heavy (non-hydrogen) atoms. The molecule has 1 amide bonds. The molecule has 1 unspecified atom stereocenters. The van der Waals surface area contributed by atoms with Crippen molar-refractivity contribution in [1.82, 2.24) is 29.6 Å². The lowest BCUT2D eigenvalue weighted by Crippen LogP contribution is -2.38. The Labute approximate surface area is 229 Å². The summed E-state index contributed by atoms with van der Waals surface area (Å²) in [6, 6.07) is 5.85. The Bertz CT molecular complexity index is 1360. The van der Waals surface area contributed by atoms with Gasteiger partial charge in [-0.05, 0) is 56.7 Å². The fourth-order valence-electron chi connectivity index (χ4n) is 5.73. The van der Waals surface area contributed by atoms with Gasteiger partial charge in [0.25, 0.3) is 5.91 Å². The quantitative estimate of drug-likeness (QED) is 0.516. The number of hydrogen-bond donors (Lipinski definition) is 1. The molecule has 1 aliphatic carbocycles. The Morgan fingerprint density at radius 3 is 2.41 bits per heavy atom. The normalized spacial score (nSPS) is 24.0. The molecule has 3 aliphatic rings. The molecule has 0 spiro atoms.